The van der Waals surface area contributed by atoms with E-state index < -0.39 is 5.82 Å². The number of hydrogen-bond acceptors (Lipinski definition) is 3. The van der Waals surface area contributed by atoms with E-state index in [-0.39, 0.29) is 5.69 Å². The molecule has 2 rings (SSSR count). The summed E-state index contributed by atoms with van der Waals surface area (Å²) in [5.74, 6) is -0.0342. The van der Waals surface area contributed by atoms with Gasteiger partial charge in [-0.1, -0.05) is 0 Å². The van der Waals surface area contributed by atoms with Gasteiger partial charge in [0.2, 0.25) is 5.88 Å². The molecule has 1 aromatic carbocycles. The van der Waals surface area contributed by atoms with Crippen molar-refractivity contribution in [3.63, 3.8) is 0 Å². The van der Waals surface area contributed by atoms with Crippen molar-refractivity contribution in [3.8, 4) is 5.88 Å². The molecule has 0 aliphatic carbocycles. The first-order valence-electron chi connectivity index (χ1n) is 4.11. The van der Waals surface area contributed by atoms with E-state index in [0.29, 0.717) is 11.4 Å². The maximum atomic E-state index is 13.1. The molecule has 0 aliphatic heterocycles. The molecule has 0 saturated carbocycles. The first kappa shape index (κ1) is 8.74. The fraction of sp³-hybridized carbons (Fsp3) is 0.100. The predicted molar refractivity (Wildman–Crippen MR) is 52.7 cm³/mol. The number of anilines is 1. The highest BCUT2D eigenvalue weighted by Gasteiger charge is 2.05. The van der Waals surface area contributed by atoms with E-state index >= 15 is 0 Å². The summed E-state index contributed by atoms with van der Waals surface area (Å²) < 4.78 is 18.0. The molecule has 72 valence electrons. The molecule has 1 heterocycles. The van der Waals surface area contributed by atoms with E-state index in [4.69, 9.17) is 10.5 Å². The summed E-state index contributed by atoms with van der Waals surface area (Å²) in [6.07, 6.45) is 0. The Labute approximate surface area is 80.3 Å². The van der Waals surface area contributed by atoms with Crippen LogP contribution in [0.5, 0.6) is 5.88 Å². The fourth-order valence-corrected chi connectivity index (χ4v) is 1.28. The molecule has 0 fully saturated rings. The Balaban J connectivity index is 2.78. The Kier molecular flexibility index (Phi) is 1.96. The van der Waals surface area contributed by atoms with Gasteiger partial charge in [-0.25, -0.2) is 9.37 Å². The van der Waals surface area contributed by atoms with Crippen LogP contribution in [0.2, 0.25) is 0 Å². The zero-order valence-electron chi connectivity index (χ0n) is 7.62. The van der Waals surface area contributed by atoms with Gasteiger partial charge < -0.3 is 10.5 Å². The van der Waals surface area contributed by atoms with E-state index in [1.165, 1.54) is 13.2 Å². The van der Waals surface area contributed by atoms with Crippen LogP contribution in [0, 0.1) is 5.82 Å². The summed E-state index contributed by atoms with van der Waals surface area (Å²) in [4.78, 5) is 4.07. The molecule has 0 atom stereocenters. The monoisotopic (exact) mass is 192 g/mol. The van der Waals surface area contributed by atoms with Crippen LogP contribution in [0.25, 0.3) is 10.9 Å². The van der Waals surface area contributed by atoms with Crippen molar-refractivity contribution in [2.24, 2.45) is 0 Å². The Bertz CT molecular complexity index is 485. The number of hydrogen-bond donors (Lipinski definition) is 1. The van der Waals surface area contributed by atoms with Gasteiger partial charge >= 0.3 is 0 Å². The molecule has 4 heteroatoms. The minimum atomic E-state index is -0.460. The van der Waals surface area contributed by atoms with E-state index in [1.54, 1.807) is 18.2 Å². The summed E-state index contributed by atoms with van der Waals surface area (Å²) in [5.41, 5.74) is 6.04. The van der Waals surface area contributed by atoms with Gasteiger partial charge in [0, 0.05) is 11.5 Å². The van der Waals surface area contributed by atoms with Gasteiger partial charge in [-0.3, -0.25) is 0 Å². The number of rotatable bonds is 1. The maximum Gasteiger partial charge on any atom is 0.213 e. The number of benzene rings is 1. The molecule has 3 nitrogen and oxygen atoms in total. The number of ether oxygens (including phenoxy) is 1. The molecular formula is C10H9FN2O. The highest BCUT2D eigenvalue weighted by atomic mass is 19.1. The van der Waals surface area contributed by atoms with Gasteiger partial charge in [0.25, 0.3) is 0 Å². The number of nitrogens with zero attached hydrogens (tertiary/aromatic N) is 1. The topological polar surface area (TPSA) is 48.1 Å². The summed E-state index contributed by atoms with van der Waals surface area (Å²) in [6, 6.07) is 6.45. The number of fused-ring (bicyclic) bond motifs is 1. The molecule has 0 bridgehead atoms. The smallest absolute Gasteiger partial charge is 0.213 e. The van der Waals surface area contributed by atoms with E-state index in [1.807, 2.05) is 0 Å². The second kappa shape index (κ2) is 3.14. The van der Waals surface area contributed by atoms with Gasteiger partial charge in [0.15, 0.2) is 0 Å². The van der Waals surface area contributed by atoms with Crippen LogP contribution in [0.1, 0.15) is 0 Å². The third kappa shape index (κ3) is 1.25. The average molecular weight is 192 g/mol. The van der Waals surface area contributed by atoms with Crippen molar-refractivity contribution < 1.29 is 9.13 Å². The van der Waals surface area contributed by atoms with E-state index in [2.05, 4.69) is 4.98 Å². The third-order valence-electron chi connectivity index (χ3n) is 2.03. The molecule has 0 spiro atoms. The summed E-state index contributed by atoms with van der Waals surface area (Å²) in [7, 11) is 1.50. The second-order valence-electron chi connectivity index (χ2n) is 2.89. The van der Waals surface area contributed by atoms with Crippen molar-refractivity contribution in [2.45, 2.75) is 0 Å². The summed E-state index contributed by atoms with van der Waals surface area (Å²) in [6.45, 7) is 0. The van der Waals surface area contributed by atoms with Crippen LogP contribution in [0.3, 0.4) is 0 Å². The molecule has 2 N–H and O–H groups in total. The SMILES string of the molecule is COc1ccc2ccc(F)c(N)c2n1. The normalized spacial score (nSPS) is 10.4. The maximum absolute atomic E-state index is 13.1. The molecule has 1 aromatic heterocycles. The predicted octanol–water partition coefficient (Wildman–Crippen LogP) is 1.96. The molecule has 0 saturated heterocycles. The number of nitrogens with two attached hydrogens (primary N) is 1. The van der Waals surface area contributed by atoms with Crippen LogP contribution in [0.4, 0.5) is 10.1 Å². The second-order valence-corrected chi connectivity index (χ2v) is 2.89. The summed E-state index contributed by atoms with van der Waals surface area (Å²) >= 11 is 0. The number of aromatic nitrogens is 1. The van der Waals surface area contributed by atoms with Crippen LogP contribution in [-0.4, -0.2) is 12.1 Å². The van der Waals surface area contributed by atoms with Crippen LogP contribution in [0.15, 0.2) is 24.3 Å². The Hall–Kier alpha value is -1.84. The van der Waals surface area contributed by atoms with E-state index in [0.717, 1.165) is 5.39 Å². The third-order valence-corrected chi connectivity index (χ3v) is 2.03. The van der Waals surface area contributed by atoms with Crippen molar-refractivity contribution in [1.82, 2.24) is 4.98 Å². The largest absolute Gasteiger partial charge is 0.481 e. The lowest BCUT2D eigenvalue weighted by Crippen LogP contribution is -1.95. The van der Waals surface area contributed by atoms with Gasteiger partial charge in [-0.05, 0) is 18.2 Å². The zero-order valence-corrected chi connectivity index (χ0v) is 7.62. The minimum absolute atomic E-state index is 0.0569. The van der Waals surface area contributed by atoms with Crippen molar-refractivity contribution in [1.29, 1.82) is 0 Å². The van der Waals surface area contributed by atoms with Crippen molar-refractivity contribution in [2.75, 3.05) is 12.8 Å². The van der Waals surface area contributed by atoms with E-state index in [9.17, 15) is 4.39 Å². The molecular weight excluding hydrogens is 183 g/mol. The fourth-order valence-electron chi connectivity index (χ4n) is 1.28. The molecule has 0 amide bonds. The first-order chi connectivity index (χ1) is 6.72. The lowest BCUT2D eigenvalue weighted by Gasteiger charge is -2.04. The number of halogens is 1. The molecule has 14 heavy (non-hydrogen) atoms. The Morgan fingerprint density at radius 3 is 2.71 bits per heavy atom. The Morgan fingerprint density at radius 2 is 2.00 bits per heavy atom. The van der Waals surface area contributed by atoms with Crippen LogP contribution < -0.4 is 10.5 Å². The minimum Gasteiger partial charge on any atom is -0.481 e. The highest BCUT2D eigenvalue weighted by Crippen LogP contribution is 2.24. The Morgan fingerprint density at radius 1 is 1.29 bits per heavy atom. The lowest BCUT2D eigenvalue weighted by molar-refractivity contribution is 0.399. The molecule has 2 aromatic rings. The average Bonchev–Trinajstić information content (AvgIpc) is 2.23. The van der Waals surface area contributed by atoms with Gasteiger partial charge in [-0.15, -0.1) is 0 Å². The lowest BCUT2D eigenvalue weighted by atomic mass is 10.2. The van der Waals surface area contributed by atoms with Crippen molar-refractivity contribution in [3.05, 3.63) is 30.1 Å². The molecule has 0 radical (unpaired) electrons. The standard InChI is InChI=1S/C10H9FN2O/c1-14-8-5-3-6-2-4-7(11)9(12)10(6)13-8/h2-5H,12H2,1H3. The number of methoxy groups -OCH3 is 1. The van der Waals surface area contributed by atoms with Crippen LogP contribution in [-0.2, 0) is 0 Å². The zero-order chi connectivity index (χ0) is 10.1. The number of nitrogen functional groups attached to an aromatic ring is 1. The van der Waals surface area contributed by atoms with Gasteiger partial charge in [0.05, 0.1) is 12.8 Å². The van der Waals surface area contributed by atoms with Crippen LogP contribution >= 0.6 is 0 Å². The quantitative estimate of drug-likeness (QED) is 0.702. The van der Waals surface area contributed by atoms with Gasteiger partial charge in [-0.2, -0.15) is 0 Å². The highest BCUT2D eigenvalue weighted by molar-refractivity contribution is 5.89. The number of pyridine rings is 1. The van der Waals surface area contributed by atoms with Gasteiger partial charge in [0.1, 0.15) is 11.3 Å². The summed E-state index contributed by atoms with van der Waals surface area (Å²) in [5, 5.41) is 0.796. The first-order valence-corrected chi connectivity index (χ1v) is 4.11. The molecule has 0 unspecified atom stereocenters. The molecule has 0 aliphatic rings. The van der Waals surface area contributed by atoms with Crippen molar-refractivity contribution >= 4 is 16.6 Å².